The normalized spacial score (nSPS) is 14.5. The van der Waals surface area contributed by atoms with Gasteiger partial charge in [-0.25, -0.2) is 0 Å². The Balaban J connectivity index is 0.755. The second-order valence-corrected chi connectivity index (χ2v) is 26.0. The fourth-order valence-corrected chi connectivity index (χ4v) is 16.5. The highest BCUT2D eigenvalue weighted by Gasteiger charge is 2.48. The highest BCUT2D eigenvalue weighted by Crippen LogP contribution is 2.60. The van der Waals surface area contributed by atoms with Crippen LogP contribution in [-0.2, 0) is 10.8 Å². The standard InChI is InChI=1S/C94H63N5/c95-62-64-34-44-75(45-35-64)97(77-48-38-66(39-49-77)68-42-54-83-81-30-16-18-32-87(81)93(89(83)58-68,70-20-6-1-7-21-70)71-22-8-2-9-23-71)79-52-56-91-85(60-79)86-61-80(53-57-92(86)99(91)74-28-14-5-15-29-74)98(76-46-36-65(63-96)37-47-76)78-50-40-67(41-51-78)69-43-55-84-82-31-17-19-33-88(82)94(90(84)59-69,72-24-10-3-11-25-72)73-26-12-4-13-27-73/h1-12,14-26,28-61H,13,27H2. The maximum absolute atomic E-state index is 10.1. The minimum Gasteiger partial charge on any atom is -0.310 e. The van der Waals surface area contributed by atoms with Gasteiger partial charge >= 0.3 is 0 Å². The van der Waals surface area contributed by atoms with Crippen LogP contribution in [0.25, 0.3) is 72.0 Å². The van der Waals surface area contributed by atoms with Gasteiger partial charge in [0.2, 0.25) is 0 Å². The van der Waals surface area contributed by atoms with Gasteiger partial charge in [0.25, 0.3) is 0 Å². The molecular weight excluding hydrogens is 1200 g/mol. The molecule has 464 valence electrons. The average molecular weight is 1260 g/mol. The van der Waals surface area contributed by atoms with Crippen LogP contribution >= 0.6 is 0 Å². The van der Waals surface area contributed by atoms with Crippen LogP contribution in [-0.4, -0.2) is 4.57 Å². The third kappa shape index (κ3) is 9.43. The number of hydrogen-bond acceptors (Lipinski definition) is 4. The number of nitrogens with zero attached hydrogens (tertiary/aromatic N) is 5. The minimum absolute atomic E-state index is 0.433. The largest absolute Gasteiger partial charge is 0.310 e. The molecule has 0 spiro atoms. The van der Waals surface area contributed by atoms with E-state index in [1.807, 2.05) is 48.5 Å². The van der Waals surface area contributed by atoms with E-state index in [0.717, 1.165) is 96.7 Å². The van der Waals surface area contributed by atoms with E-state index in [1.165, 1.54) is 66.8 Å². The Morgan fingerprint density at radius 2 is 0.677 bits per heavy atom. The van der Waals surface area contributed by atoms with Crippen molar-refractivity contribution >= 4 is 55.9 Å². The summed E-state index contributed by atoms with van der Waals surface area (Å²) in [6.07, 6.45) is 8.88. The number of fused-ring (bicyclic) bond motifs is 9. The van der Waals surface area contributed by atoms with Crippen molar-refractivity contribution in [1.82, 2.24) is 4.57 Å². The van der Waals surface area contributed by atoms with Crippen molar-refractivity contribution in [1.29, 1.82) is 10.5 Å². The van der Waals surface area contributed by atoms with Crippen LogP contribution < -0.4 is 9.80 Å². The zero-order valence-electron chi connectivity index (χ0n) is 54.2. The van der Waals surface area contributed by atoms with Gasteiger partial charge in [0.05, 0.1) is 45.1 Å². The summed E-state index contributed by atoms with van der Waals surface area (Å²) < 4.78 is 2.36. The lowest BCUT2D eigenvalue weighted by Gasteiger charge is -2.37. The van der Waals surface area contributed by atoms with Crippen molar-refractivity contribution in [2.45, 2.75) is 23.7 Å². The Morgan fingerprint density at radius 3 is 1.11 bits per heavy atom. The lowest BCUT2D eigenvalue weighted by molar-refractivity contribution is 0.693. The van der Waals surface area contributed by atoms with Crippen LogP contribution in [0.5, 0.6) is 0 Å². The Kier molecular flexibility index (Phi) is 14.2. The van der Waals surface area contributed by atoms with Gasteiger partial charge in [-0.2, -0.15) is 10.5 Å². The third-order valence-electron chi connectivity index (χ3n) is 20.9. The van der Waals surface area contributed by atoms with Crippen molar-refractivity contribution in [2.75, 3.05) is 9.80 Å². The van der Waals surface area contributed by atoms with Crippen molar-refractivity contribution in [3.63, 3.8) is 0 Å². The molecule has 0 saturated carbocycles. The summed E-state index contributed by atoms with van der Waals surface area (Å²) in [5.41, 5.74) is 29.1. The van der Waals surface area contributed by atoms with Crippen LogP contribution in [0.4, 0.5) is 34.1 Å². The van der Waals surface area contributed by atoms with E-state index in [9.17, 15) is 10.5 Å². The zero-order chi connectivity index (χ0) is 66.0. The molecule has 1 aromatic heterocycles. The SMILES string of the molecule is N#Cc1ccc(N(c2ccc(-c3ccc4c(c3)C(C3=CC=CCC3)(c3ccccc3)c3ccccc3-4)cc2)c2ccc3c(c2)c2cc(N(c4ccc(C#N)cc4)c4ccc(-c5ccc6c(c5)C(c5ccccc5)(c5ccccc5)c5ccccc5-6)cc4)ccc2n3-c2ccccc2)cc1. The van der Waals surface area contributed by atoms with Crippen molar-refractivity contribution in [3.05, 3.63) is 414 Å². The molecular formula is C94H63N5. The van der Waals surface area contributed by atoms with Crippen molar-refractivity contribution < 1.29 is 0 Å². The third-order valence-corrected chi connectivity index (χ3v) is 20.9. The molecule has 0 radical (unpaired) electrons. The number of para-hydroxylation sites is 1. The van der Waals surface area contributed by atoms with E-state index in [1.54, 1.807) is 0 Å². The van der Waals surface area contributed by atoms with Crippen LogP contribution in [0.1, 0.15) is 62.9 Å². The van der Waals surface area contributed by atoms with E-state index in [2.05, 4.69) is 336 Å². The molecule has 5 nitrogen and oxygen atoms in total. The maximum atomic E-state index is 10.1. The quantitative estimate of drug-likeness (QED) is 0.115. The molecule has 0 saturated heterocycles. The van der Waals surface area contributed by atoms with Gasteiger partial charge in [-0.05, 0) is 230 Å². The first kappa shape index (κ1) is 58.5. The number of nitriles is 2. The fraction of sp³-hybridized carbons (Fsp3) is 0.0426. The molecule has 99 heavy (non-hydrogen) atoms. The first-order chi connectivity index (χ1) is 49.0. The molecule has 18 rings (SSSR count). The number of benzene rings is 14. The summed E-state index contributed by atoms with van der Waals surface area (Å²) in [5.74, 6) is 0. The molecule has 1 unspecified atom stereocenters. The topological polar surface area (TPSA) is 59.0 Å². The Morgan fingerprint density at radius 1 is 0.313 bits per heavy atom. The molecule has 0 fully saturated rings. The molecule has 3 aliphatic rings. The van der Waals surface area contributed by atoms with Crippen LogP contribution in [0.15, 0.2) is 364 Å². The van der Waals surface area contributed by atoms with Crippen LogP contribution in [0, 0.1) is 22.7 Å². The molecule has 1 atom stereocenters. The molecule has 14 aromatic carbocycles. The monoisotopic (exact) mass is 1260 g/mol. The molecule has 3 aliphatic carbocycles. The lowest BCUT2D eigenvalue weighted by Crippen LogP contribution is -2.30. The number of rotatable bonds is 13. The van der Waals surface area contributed by atoms with Gasteiger partial charge in [-0.1, -0.05) is 230 Å². The molecule has 0 N–H and O–H groups in total. The van der Waals surface area contributed by atoms with Crippen LogP contribution in [0.3, 0.4) is 0 Å². The summed E-state index contributed by atoms with van der Waals surface area (Å²) in [5, 5.41) is 22.3. The van der Waals surface area contributed by atoms with E-state index in [4.69, 9.17) is 0 Å². The summed E-state index contributed by atoms with van der Waals surface area (Å²) in [6, 6.07) is 128. The number of hydrogen-bond donors (Lipinski definition) is 0. The fourth-order valence-electron chi connectivity index (χ4n) is 16.5. The van der Waals surface area contributed by atoms with Gasteiger partial charge in [0.15, 0.2) is 0 Å². The Bertz CT molecular complexity index is 5740. The number of allylic oxidation sites excluding steroid dienone is 4. The Hall–Kier alpha value is -13.1. The minimum atomic E-state index is -0.519. The van der Waals surface area contributed by atoms with Gasteiger partial charge < -0.3 is 14.4 Å². The first-order valence-corrected chi connectivity index (χ1v) is 34.0. The van der Waals surface area contributed by atoms with E-state index in [-0.39, 0.29) is 0 Å². The van der Waals surface area contributed by atoms with Gasteiger partial charge in [-0.3, -0.25) is 0 Å². The van der Waals surface area contributed by atoms with E-state index in [0.29, 0.717) is 11.1 Å². The van der Waals surface area contributed by atoms with Crippen LogP contribution in [0.2, 0.25) is 0 Å². The van der Waals surface area contributed by atoms with Crippen molar-refractivity contribution in [2.24, 2.45) is 0 Å². The Labute approximate surface area is 576 Å². The molecule has 0 amide bonds. The zero-order valence-corrected chi connectivity index (χ0v) is 54.2. The number of anilines is 6. The van der Waals surface area contributed by atoms with Gasteiger partial charge in [0.1, 0.15) is 0 Å². The van der Waals surface area contributed by atoms with E-state index >= 15 is 0 Å². The van der Waals surface area contributed by atoms with E-state index < -0.39 is 10.8 Å². The molecule has 5 heteroatoms. The second-order valence-electron chi connectivity index (χ2n) is 26.0. The molecule has 15 aromatic rings. The predicted molar refractivity (Wildman–Crippen MR) is 406 cm³/mol. The maximum Gasteiger partial charge on any atom is 0.0991 e. The predicted octanol–water partition coefficient (Wildman–Crippen LogP) is 23.8. The number of aromatic nitrogens is 1. The van der Waals surface area contributed by atoms with Gasteiger partial charge in [-0.15, -0.1) is 0 Å². The first-order valence-electron chi connectivity index (χ1n) is 34.0. The summed E-state index contributed by atoms with van der Waals surface area (Å²) in [6.45, 7) is 0. The van der Waals surface area contributed by atoms with Gasteiger partial charge in [0, 0.05) is 50.6 Å². The summed E-state index contributed by atoms with van der Waals surface area (Å²) in [7, 11) is 0. The van der Waals surface area contributed by atoms with Crippen molar-refractivity contribution in [3.8, 4) is 62.3 Å². The summed E-state index contributed by atoms with van der Waals surface area (Å²) in [4.78, 5) is 4.60. The average Bonchev–Trinajstić information content (AvgIpc) is 1.53. The lowest BCUT2D eigenvalue weighted by atomic mass is 9.65. The highest BCUT2D eigenvalue weighted by atomic mass is 15.2. The molecule has 0 aliphatic heterocycles. The second kappa shape index (κ2) is 24.0. The molecule has 0 bridgehead atoms. The molecule has 1 heterocycles. The highest BCUT2D eigenvalue weighted by molar-refractivity contribution is 6.12. The smallest absolute Gasteiger partial charge is 0.0991 e. The summed E-state index contributed by atoms with van der Waals surface area (Å²) >= 11 is 0.